The third-order valence-corrected chi connectivity index (χ3v) is 5.50. The van der Waals surface area contributed by atoms with Crippen molar-refractivity contribution in [3.05, 3.63) is 35.8 Å². The largest absolute Gasteiger partial charge is 0.469 e. The van der Waals surface area contributed by atoms with Crippen molar-refractivity contribution in [2.75, 3.05) is 7.11 Å². The van der Waals surface area contributed by atoms with Gasteiger partial charge in [-0.15, -0.1) is 0 Å². The first-order chi connectivity index (χ1) is 11.5. The van der Waals surface area contributed by atoms with Gasteiger partial charge in [0.05, 0.1) is 24.1 Å². The molecule has 0 bridgehead atoms. The van der Waals surface area contributed by atoms with Gasteiger partial charge >= 0.3 is 5.97 Å². The maximum Gasteiger partial charge on any atom is 0.308 e. The number of rotatable bonds is 3. The summed E-state index contributed by atoms with van der Waals surface area (Å²) < 4.78 is 18.5. The average Bonchev–Trinajstić information content (AvgIpc) is 2.98. The Kier molecular flexibility index (Phi) is 3.37. The van der Waals surface area contributed by atoms with Gasteiger partial charge in [-0.1, -0.05) is 0 Å². The minimum atomic E-state index is -0.339. The van der Waals surface area contributed by atoms with Gasteiger partial charge < -0.3 is 15.0 Å². The monoisotopic (exact) mass is 330 g/mol. The van der Waals surface area contributed by atoms with Crippen LogP contribution in [0.1, 0.15) is 36.0 Å². The molecule has 2 N–H and O–H groups in total. The van der Waals surface area contributed by atoms with Crippen molar-refractivity contribution < 1.29 is 18.7 Å². The molecular weight excluding hydrogens is 311 g/mol. The quantitative estimate of drug-likeness (QED) is 0.850. The number of ether oxygens (including phenoxy) is 1. The summed E-state index contributed by atoms with van der Waals surface area (Å²) in [4.78, 5) is 26.9. The molecule has 0 aliphatic heterocycles. The molecule has 2 aromatic rings. The second-order valence-electron chi connectivity index (χ2n) is 7.07. The van der Waals surface area contributed by atoms with E-state index in [-0.39, 0.29) is 35.1 Å². The van der Waals surface area contributed by atoms with Gasteiger partial charge in [-0.25, -0.2) is 4.39 Å². The molecule has 4 rings (SSSR count). The summed E-state index contributed by atoms with van der Waals surface area (Å²) in [6, 6.07) is 4.57. The first-order valence-corrected chi connectivity index (χ1v) is 8.16. The number of fused-ring (bicyclic) bond motifs is 1. The molecular formula is C18H19FN2O3. The van der Waals surface area contributed by atoms with Crippen molar-refractivity contribution in [3.8, 4) is 0 Å². The molecule has 1 spiro atoms. The maximum absolute atomic E-state index is 13.7. The molecule has 1 amide bonds. The number of halogens is 1. The van der Waals surface area contributed by atoms with Crippen LogP contribution < -0.4 is 5.32 Å². The SMILES string of the molecule is COC(=O)C1CC2(CC(NC(=O)c3ccc(F)c4cc[nH]c34)C2)C1. The second kappa shape index (κ2) is 5.33. The second-order valence-corrected chi connectivity index (χ2v) is 7.07. The van der Waals surface area contributed by atoms with E-state index in [0.717, 1.165) is 25.7 Å². The summed E-state index contributed by atoms with van der Waals surface area (Å²) in [5.74, 6) is -0.643. The normalized spacial score (nSPS) is 28.2. The summed E-state index contributed by atoms with van der Waals surface area (Å²) in [5, 5.41) is 3.44. The number of carbonyl (C=O) groups excluding carboxylic acids is 2. The molecule has 2 saturated carbocycles. The minimum Gasteiger partial charge on any atom is -0.469 e. The van der Waals surface area contributed by atoms with Crippen LogP contribution in [0.15, 0.2) is 24.4 Å². The number of amides is 1. The van der Waals surface area contributed by atoms with Crippen molar-refractivity contribution in [2.45, 2.75) is 31.7 Å². The number of hydrogen-bond donors (Lipinski definition) is 2. The zero-order valence-electron chi connectivity index (χ0n) is 13.4. The average molecular weight is 330 g/mol. The first kappa shape index (κ1) is 15.2. The van der Waals surface area contributed by atoms with Gasteiger partial charge in [-0.3, -0.25) is 9.59 Å². The Morgan fingerprint density at radius 2 is 2.00 bits per heavy atom. The number of benzene rings is 1. The lowest BCUT2D eigenvalue weighted by Crippen LogP contribution is -2.57. The number of hydrogen-bond acceptors (Lipinski definition) is 3. The van der Waals surface area contributed by atoms with Gasteiger partial charge in [0.2, 0.25) is 0 Å². The Hall–Kier alpha value is -2.37. The third kappa shape index (κ3) is 2.28. The molecule has 2 aliphatic rings. The predicted molar refractivity (Wildman–Crippen MR) is 85.9 cm³/mol. The van der Waals surface area contributed by atoms with Crippen LogP contribution in [-0.4, -0.2) is 30.0 Å². The predicted octanol–water partition coefficient (Wildman–Crippen LogP) is 2.77. The molecule has 2 aliphatic carbocycles. The lowest BCUT2D eigenvalue weighted by Gasteiger charge is -2.56. The van der Waals surface area contributed by atoms with Crippen LogP contribution in [0.25, 0.3) is 10.9 Å². The van der Waals surface area contributed by atoms with E-state index < -0.39 is 0 Å². The van der Waals surface area contributed by atoms with Gasteiger partial charge in [-0.05, 0) is 49.3 Å². The van der Waals surface area contributed by atoms with Crippen LogP contribution in [0, 0.1) is 17.2 Å². The lowest BCUT2D eigenvalue weighted by atomic mass is 9.50. The highest BCUT2D eigenvalue weighted by molar-refractivity contribution is 6.06. The van der Waals surface area contributed by atoms with Gasteiger partial charge in [0.15, 0.2) is 0 Å². The van der Waals surface area contributed by atoms with E-state index in [9.17, 15) is 14.0 Å². The number of aromatic nitrogens is 1. The van der Waals surface area contributed by atoms with Crippen LogP contribution in [-0.2, 0) is 9.53 Å². The fourth-order valence-corrected chi connectivity index (χ4v) is 4.31. The Balaban J connectivity index is 1.38. The highest BCUT2D eigenvalue weighted by Crippen LogP contribution is 2.58. The minimum absolute atomic E-state index is 0.0160. The fraction of sp³-hybridized carbons (Fsp3) is 0.444. The number of aromatic amines is 1. The number of esters is 1. The van der Waals surface area contributed by atoms with Crippen LogP contribution >= 0.6 is 0 Å². The zero-order valence-corrected chi connectivity index (χ0v) is 13.4. The highest BCUT2D eigenvalue weighted by Gasteiger charge is 2.55. The van der Waals surface area contributed by atoms with Crippen molar-refractivity contribution in [2.24, 2.45) is 11.3 Å². The number of H-pyrrole nitrogens is 1. The Morgan fingerprint density at radius 1 is 1.25 bits per heavy atom. The Labute approximate surface area is 138 Å². The summed E-state index contributed by atoms with van der Waals surface area (Å²) in [6.07, 6.45) is 5.11. The molecule has 1 heterocycles. The highest BCUT2D eigenvalue weighted by atomic mass is 19.1. The smallest absolute Gasteiger partial charge is 0.308 e. The van der Waals surface area contributed by atoms with E-state index in [2.05, 4.69) is 10.3 Å². The maximum atomic E-state index is 13.7. The number of carbonyl (C=O) groups is 2. The molecule has 1 aromatic heterocycles. The summed E-state index contributed by atoms with van der Waals surface area (Å²) in [7, 11) is 1.42. The van der Waals surface area contributed by atoms with Crippen LogP contribution in [0.3, 0.4) is 0 Å². The molecule has 2 fully saturated rings. The van der Waals surface area contributed by atoms with Crippen molar-refractivity contribution in [1.29, 1.82) is 0 Å². The van der Waals surface area contributed by atoms with Gasteiger partial charge in [0.1, 0.15) is 5.82 Å². The van der Waals surface area contributed by atoms with Gasteiger partial charge in [0.25, 0.3) is 5.91 Å². The van der Waals surface area contributed by atoms with E-state index in [1.807, 2.05) is 0 Å². The standard InChI is InChI=1S/C18H19FN2O3/c1-24-17(23)10-6-18(7-10)8-11(9-18)21-16(22)13-2-3-14(19)12-4-5-20-15(12)13/h2-5,10-11,20H,6-9H2,1H3,(H,21,22). The van der Waals surface area contributed by atoms with Crippen LogP contribution in [0.4, 0.5) is 4.39 Å². The Bertz CT molecular complexity index is 815. The molecule has 1 aromatic carbocycles. The first-order valence-electron chi connectivity index (χ1n) is 8.16. The van der Waals surface area contributed by atoms with E-state index in [0.29, 0.717) is 16.5 Å². The van der Waals surface area contributed by atoms with E-state index in [4.69, 9.17) is 4.74 Å². The molecule has 24 heavy (non-hydrogen) atoms. The lowest BCUT2D eigenvalue weighted by molar-refractivity contribution is -0.159. The van der Waals surface area contributed by atoms with Crippen molar-refractivity contribution in [3.63, 3.8) is 0 Å². The van der Waals surface area contributed by atoms with E-state index >= 15 is 0 Å². The van der Waals surface area contributed by atoms with E-state index in [1.165, 1.54) is 19.2 Å². The number of methoxy groups -OCH3 is 1. The molecule has 5 nitrogen and oxygen atoms in total. The van der Waals surface area contributed by atoms with Crippen LogP contribution in [0.5, 0.6) is 0 Å². The summed E-state index contributed by atoms with van der Waals surface area (Å²) >= 11 is 0. The van der Waals surface area contributed by atoms with Crippen molar-refractivity contribution >= 4 is 22.8 Å². The summed E-state index contributed by atoms with van der Waals surface area (Å²) in [6.45, 7) is 0. The van der Waals surface area contributed by atoms with Gasteiger partial charge in [-0.2, -0.15) is 0 Å². The van der Waals surface area contributed by atoms with E-state index in [1.54, 1.807) is 12.3 Å². The molecule has 0 saturated heterocycles. The fourth-order valence-electron chi connectivity index (χ4n) is 4.31. The topological polar surface area (TPSA) is 71.2 Å². The molecule has 6 heteroatoms. The molecule has 0 unspecified atom stereocenters. The molecule has 126 valence electrons. The van der Waals surface area contributed by atoms with Crippen molar-refractivity contribution in [1.82, 2.24) is 10.3 Å². The zero-order chi connectivity index (χ0) is 16.9. The van der Waals surface area contributed by atoms with Crippen LogP contribution in [0.2, 0.25) is 0 Å². The number of nitrogens with one attached hydrogen (secondary N) is 2. The molecule has 0 radical (unpaired) electrons. The third-order valence-electron chi connectivity index (χ3n) is 5.50. The summed E-state index contributed by atoms with van der Waals surface area (Å²) in [5.41, 5.74) is 1.18. The molecule has 0 atom stereocenters. The Morgan fingerprint density at radius 3 is 2.71 bits per heavy atom. The van der Waals surface area contributed by atoms with Gasteiger partial charge in [0, 0.05) is 17.6 Å².